The quantitative estimate of drug-likeness (QED) is 0.412. The summed E-state index contributed by atoms with van der Waals surface area (Å²) in [6.45, 7) is 4.85. The molecule has 0 aliphatic heterocycles. The van der Waals surface area contributed by atoms with Crippen molar-refractivity contribution in [3.8, 4) is 5.75 Å². The van der Waals surface area contributed by atoms with Gasteiger partial charge in [0.15, 0.2) is 0 Å². The molecular weight excluding hydrogens is 342 g/mol. The fraction of sp³-hybridized carbons (Fsp3) is 0.636. The van der Waals surface area contributed by atoms with E-state index in [0.29, 0.717) is 24.8 Å². The minimum Gasteiger partial charge on any atom is -0.494 e. The van der Waals surface area contributed by atoms with E-state index >= 15 is 0 Å². The molecule has 0 saturated carbocycles. The van der Waals surface area contributed by atoms with Gasteiger partial charge in [-0.25, -0.2) is 4.79 Å². The maximum absolute atomic E-state index is 11.8. The number of carboxylic acids is 1. The van der Waals surface area contributed by atoms with Crippen molar-refractivity contribution in [3.63, 3.8) is 0 Å². The minimum atomic E-state index is -0.923. The zero-order chi connectivity index (χ0) is 19.9. The molecule has 152 valence electrons. The van der Waals surface area contributed by atoms with Crippen molar-refractivity contribution in [2.75, 3.05) is 6.61 Å². The number of benzene rings is 1. The van der Waals surface area contributed by atoms with Gasteiger partial charge in [-0.15, -0.1) is 0 Å². The highest BCUT2D eigenvalue weighted by Gasteiger charge is 2.06. The molecule has 0 aliphatic rings. The standard InChI is InChI=1S/C22H35NO4/c1-3-11-18(2)23-21(24)12-9-7-5-4-6-8-10-17-27-20-15-13-19(14-16-20)22(25)26/h13-16,18H,3-12,17H2,1-2H3,(H,23,24)(H,25,26)/t18-/m1/s1. The number of rotatable bonds is 15. The molecule has 0 spiro atoms. The van der Waals surface area contributed by atoms with Gasteiger partial charge in [-0.2, -0.15) is 0 Å². The second-order valence-corrected chi connectivity index (χ2v) is 7.16. The molecule has 1 atom stereocenters. The molecule has 0 aromatic heterocycles. The average molecular weight is 378 g/mol. The summed E-state index contributed by atoms with van der Waals surface area (Å²) >= 11 is 0. The summed E-state index contributed by atoms with van der Waals surface area (Å²) in [6, 6.07) is 6.80. The fourth-order valence-corrected chi connectivity index (χ4v) is 3.01. The Labute approximate surface area is 163 Å². The summed E-state index contributed by atoms with van der Waals surface area (Å²) in [6.07, 6.45) is 10.6. The Balaban J connectivity index is 1.93. The molecule has 1 rings (SSSR count). The van der Waals surface area contributed by atoms with Gasteiger partial charge in [0.2, 0.25) is 5.91 Å². The van der Waals surface area contributed by atoms with Crippen LogP contribution in [0.3, 0.4) is 0 Å². The van der Waals surface area contributed by atoms with E-state index in [-0.39, 0.29) is 11.5 Å². The largest absolute Gasteiger partial charge is 0.494 e. The van der Waals surface area contributed by atoms with Crippen LogP contribution in [0.5, 0.6) is 5.75 Å². The van der Waals surface area contributed by atoms with E-state index in [1.807, 2.05) is 0 Å². The third kappa shape index (κ3) is 11.3. The van der Waals surface area contributed by atoms with E-state index in [9.17, 15) is 9.59 Å². The predicted molar refractivity (Wildman–Crippen MR) is 108 cm³/mol. The van der Waals surface area contributed by atoms with Crippen molar-refractivity contribution in [2.45, 2.75) is 84.1 Å². The summed E-state index contributed by atoms with van der Waals surface area (Å²) in [5.41, 5.74) is 0.273. The molecule has 27 heavy (non-hydrogen) atoms. The van der Waals surface area contributed by atoms with E-state index in [1.165, 1.54) is 19.3 Å². The first-order valence-corrected chi connectivity index (χ1v) is 10.3. The Hall–Kier alpha value is -2.04. The van der Waals surface area contributed by atoms with Crippen LogP contribution in [0.4, 0.5) is 0 Å². The smallest absolute Gasteiger partial charge is 0.335 e. The number of carbonyl (C=O) groups excluding carboxylic acids is 1. The van der Waals surface area contributed by atoms with Crippen LogP contribution in [0, 0.1) is 0 Å². The molecule has 0 unspecified atom stereocenters. The van der Waals surface area contributed by atoms with Crippen LogP contribution in [0.1, 0.15) is 88.4 Å². The third-order valence-corrected chi connectivity index (χ3v) is 4.55. The molecular formula is C22H35NO4. The monoisotopic (exact) mass is 377 g/mol. The van der Waals surface area contributed by atoms with E-state index in [2.05, 4.69) is 19.2 Å². The van der Waals surface area contributed by atoms with Crippen LogP contribution in [-0.4, -0.2) is 29.6 Å². The van der Waals surface area contributed by atoms with Crippen molar-refractivity contribution in [1.82, 2.24) is 5.32 Å². The number of hydrogen-bond donors (Lipinski definition) is 2. The lowest BCUT2D eigenvalue weighted by atomic mass is 10.1. The zero-order valence-electron chi connectivity index (χ0n) is 16.8. The Morgan fingerprint density at radius 1 is 1.00 bits per heavy atom. The van der Waals surface area contributed by atoms with Gasteiger partial charge in [0, 0.05) is 12.5 Å². The van der Waals surface area contributed by atoms with Crippen molar-refractivity contribution in [3.05, 3.63) is 29.8 Å². The van der Waals surface area contributed by atoms with Crippen molar-refractivity contribution in [1.29, 1.82) is 0 Å². The van der Waals surface area contributed by atoms with E-state index in [1.54, 1.807) is 24.3 Å². The molecule has 1 aromatic carbocycles. The Morgan fingerprint density at radius 2 is 1.59 bits per heavy atom. The fourth-order valence-electron chi connectivity index (χ4n) is 3.01. The first kappa shape index (κ1) is 23.0. The molecule has 1 aromatic rings. The summed E-state index contributed by atoms with van der Waals surface area (Å²) in [4.78, 5) is 22.5. The number of nitrogens with one attached hydrogen (secondary N) is 1. The zero-order valence-corrected chi connectivity index (χ0v) is 16.8. The summed E-state index contributed by atoms with van der Waals surface area (Å²) in [7, 11) is 0. The van der Waals surface area contributed by atoms with Crippen molar-refractivity contribution < 1.29 is 19.4 Å². The normalized spacial score (nSPS) is 11.8. The molecule has 0 aliphatic carbocycles. The summed E-state index contributed by atoms with van der Waals surface area (Å²) in [5.74, 6) is -0.0238. The van der Waals surface area contributed by atoms with Gasteiger partial charge in [0.1, 0.15) is 5.75 Å². The average Bonchev–Trinajstić information content (AvgIpc) is 2.63. The maximum Gasteiger partial charge on any atom is 0.335 e. The van der Waals surface area contributed by atoms with Crippen LogP contribution in [0.15, 0.2) is 24.3 Å². The van der Waals surface area contributed by atoms with E-state index < -0.39 is 5.97 Å². The highest BCUT2D eigenvalue weighted by Crippen LogP contribution is 2.14. The van der Waals surface area contributed by atoms with Gasteiger partial charge >= 0.3 is 5.97 Å². The first-order valence-electron chi connectivity index (χ1n) is 10.3. The maximum atomic E-state index is 11.8. The summed E-state index contributed by atoms with van der Waals surface area (Å²) in [5, 5.41) is 11.9. The second kappa shape index (κ2) is 14.1. The number of hydrogen-bond acceptors (Lipinski definition) is 3. The first-order chi connectivity index (χ1) is 13.0. The van der Waals surface area contributed by atoms with Crippen LogP contribution in [0.25, 0.3) is 0 Å². The van der Waals surface area contributed by atoms with Crippen LogP contribution >= 0.6 is 0 Å². The highest BCUT2D eigenvalue weighted by molar-refractivity contribution is 5.87. The topological polar surface area (TPSA) is 75.6 Å². The van der Waals surface area contributed by atoms with Gasteiger partial charge in [-0.05, 0) is 50.5 Å². The second-order valence-electron chi connectivity index (χ2n) is 7.16. The molecule has 0 bridgehead atoms. The highest BCUT2D eigenvalue weighted by atomic mass is 16.5. The van der Waals surface area contributed by atoms with Gasteiger partial charge in [-0.3, -0.25) is 4.79 Å². The van der Waals surface area contributed by atoms with Gasteiger partial charge < -0.3 is 15.2 Å². The Kier molecular flexibility index (Phi) is 12.0. The van der Waals surface area contributed by atoms with E-state index in [4.69, 9.17) is 9.84 Å². The number of carboxylic acid groups (broad SMARTS) is 1. The van der Waals surface area contributed by atoms with Crippen molar-refractivity contribution >= 4 is 11.9 Å². The van der Waals surface area contributed by atoms with Crippen LogP contribution in [0.2, 0.25) is 0 Å². The Bertz CT molecular complexity index is 542. The number of unbranched alkanes of at least 4 members (excludes halogenated alkanes) is 6. The minimum absolute atomic E-state index is 0.185. The number of ether oxygens (including phenoxy) is 1. The van der Waals surface area contributed by atoms with Crippen molar-refractivity contribution in [2.24, 2.45) is 0 Å². The molecule has 0 heterocycles. The number of aromatic carboxylic acids is 1. The SMILES string of the molecule is CCC[C@@H](C)NC(=O)CCCCCCCCCOc1ccc(C(=O)O)cc1. The van der Waals surface area contributed by atoms with Crippen LogP contribution < -0.4 is 10.1 Å². The Morgan fingerprint density at radius 3 is 2.19 bits per heavy atom. The van der Waals surface area contributed by atoms with Crippen LogP contribution in [-0.2, 0) is 4.79 Å². The molecule has 0 radical (unpaired) electrons. The lowest BCUT2D eigenvalue weighted by molar-refractivity contribution is -0.121. The van der Waals surface area contributed by atoms with Gasteiger partial charge in [0.25, 0.3) is 0 Å². The molecule has 2 N–H and O–H groups in total. The van der Waals surface area contributed by atoms with Gasteiger partial charge in [0.05, 0.1) is 12.2 Å². The lowest BCUT2D eigenvalue weighted by Crippen LogP contribution is -2.32. The molecule has 5 heteroatoms. The molecule has 1 amide bonds. The number of carbonyl (C=O) groups is 2. The van der Waals surface area contributed by atoms with Gasteiger partial charge in [-0.1, -0.05) is 45.4 Å². The lowest BCUT2D eigenvalue weighted by Gasteiger charge is -2.12. The summed E-state index contributed by atoms with van der Waals surface area (Å²) < 4.78 is 5.62. The molecule has 0 saturated heterocycles. The molecule has 5 nitrogen and oxygen atoms in total. The third-order valence-electron chi connectivity index (χ3n) is 4.55. The predicted octanol–water partition coefficient (Wildman–Crippen LogP) is 5.19. The number of amides is 1. The van der Waals surface area contributed by atoms with E-state index in [0.717, 1.165) is 38.5 Å². The molecule has 0 fully saturated rings.